The highest BCUT2D eigenvalue weighted by molar-refractivity contribution is 9.10. The van der Waals surface area contributed by atoms with E-state index in [1.165, 1.54) is 10.6 Å². The lowest BCUT2D eigenvalue weighted by Crippen LogP contribution is -1.98. The van der Waals surface area contributed by atoms with Crippen molar-refractivity contribution in [3.63, 3.8) is 0 Å². The molecule has 0 unspecified atom stereocenters. The Kier molecular flexibility index (Phi) is 2.99. The molecule has 0 radical (unpaired) electrons. The van der Waals surface area contributed by atoms with E-state index in [0.29, 0.717) is 32.5 Å². The van der Waals surface area contributed by atoms with E-state index in [1.54, 1.807) is 25.1 Å². The zero-order valence-corrected chi connectivity index (χ0v) is 12.1. The molecule has 3 aromatic rings. The van der Waals surface area contributed by atoms with Crippen molar-refractivity contribution in [1.82, 2.24) is 19.6 Å². The second kappa shape index (κ2) is 4.54. The van der Waals surface area contributed by atoms with Crippen LogP contribution in [0.15, 0.2) is 28.7 Å². The smallest absolute Gasteiger partial charge is 0.185 e. The topological polar surface area (TPSA) is 43.1 Å². The largest absolute Gasteiger partial charge is 0.220 e. The molecule has 0 aliphatic rings. The lowest BCUT2D eigenvalue weighted by molar-refractivity contribution is 0.630. The molecule has 19 heavy (non-hydrogen) atoms. The molecule has 0 atom stereocenters. The third-order valence-electron chi connectivity index (χ3n) is 2.67. The van der Waals surface area contributed by atoms with E-state index in [4.69, 9.17) is 11.6 Å². The lowest BCUT2D eigenvalue weighted by Gasteiger charge is -1.99. The molecular formula is C12H7BrClFN4. The van der Waals surface area contributed by atoms with Gasteiger partial charge < -0.3 is 0 Å². The normalized spacial score (nSPS) is 11.2. The summed E-state index contributed by atoms with van der Waals surface area (Å²) in [4.78, 5) is 8.42. The van der Waals surface area contributed by atoms with E-state index in [1.807, 2.05) is 0 Å². The molecule has 1 aromatic carbocycles. The van der Waals surface area contributed by atoms with Crippen LogP contribution in [-0.4, -0.2) is 19.6 Å². The number of benzene rings is 1. The van der Waals surface area contributed by atoms with Gasteiger partial charge in [-0.2, -0.15) is 4.52 Å². The Labute approximate surface area is 121 Å². The van der Waals surface area contributed by atoms with Gasteiger partial charge in [0.1, 0.15) is 16.8 Å². The summed E-state index contributed by atoms with van der Waals surface area (Å²) in [5.74, 6) is 0.510. The summed E-state index contributed by atoms with van der Waals surface area (Å²) < 4.78 is 15.8. The maximum absolute atomic E-state index is 13.7. The summed E-state index contributed by atoms with van der Waals surface area (Å²) in [6.07, 6.45) is 0. The van der Waals surface area contributed by atoms with E-state index in [0.717, 1.165) is 0 Å². The van der Waals surface area contributed by atoms with Crippen molar-refractivity contribution in [3.05, 3.63) is 45.5 Å². The molecule has 3 rings (SSSR count). The molecule has 2 aromatic heterocycles. The summed E-state index contributed by atoms with van der Waals surface area (Å²) in [7, 11) is 0. The van der Waals surface area contributed by atoms with E-state index in [9.17, 15) is 4.39 Å². The molecule has 0 spiro atoms. The molecule has 0 saturated heterocycles. The number of aryl methyl sites for hydroxylation is 1. The average Bonchev–Trinajstić information content (AvgIpc) is 2.82. The van der Waals surface area contributed by atoms with Crippen LogP contribution in [0.4, 0.5) is 4.39 Å². The lowest BCUT2D eigenvalue weighted by atomic mass is 10.2. The number of fused-ring (bicyclic) bond motifs is 1. The predicted molar refractivity (Wildman–Crippen MR) is 73.6 cm³/mol. The van der Waals surface area contributed by atoms with Crippen LogP contribution in [0.2, 0.25) is 5.15 Å². The maximum atomic E-state index is 13.7. The molecule has 0 aliphatic carbocycles. The quantitative estimate of drug-likeness (QED) is 0.635. The van der Waals surface area contributed by atoms with E-state index < -0.39 is 0 Å². The van der Waals surface area contributed by atoms with Crippen LogP contribution in [0.3, 0.4) is 0 Å². The number of rotatable bonds is 1. The molecular weight excluding hydrogens is 335 g/mol. The van der Waals surface area contributed by atoms with Gasteiger partial charge in [0.2, 0.25) is 0 Å². The Morgan fingerprint density at radius 1 is 1.26 bits per heavy atom. The summed E-state index contributed by atoms with van der Waals surface area (Å²) in [5.41, 5.74) is 0.851. The van der Waals surface area contributed by atoms with Crippen LogP contribution in [0.25, 0.3) is 17.0 Å². The minimum absolute atomic E-state index is 0.297. The molecule has 0 amide bonds. The number of nitrogens with zero attached hydrogens (tertiary/aromatic N) is 4. The van der Waals surface area contributed by atoms with Crippen molar-refractivity contribution in [2.75, 3.05) is 0 Å². The Morgan fingerprint density at radius 2 is 2.00 bits per heavy atom. The third-order valence-corrected chi connectivity index (χ3v) is 3.90. The Balaban J connectivity index is 2.31. The van der Waals surface area contributed by atoms with Gasteiger partial charge in [0.25, 0.3) is 0 Å². The van der Waals surface area contributed by atoms with Gasteiger partial charge in [-0.3, -0.25) is 0 Å². The van der Waals surface area contributed by atoms with E-state index >= 15 is 0 Å². The first-order valence-corrected chi connectivity index (χ1v) is 6.58. The monoisotopic (exact) mass is 340 g/mol. The van der Waals surface area contributed by atoms with Crippen LogP contribution < -0.4 is 0 Å². The van der Waals surface area contributed by atoms with Crippen molar-refractivity contribution < 1.29 is 4.39 Å². The van der Waals surface area contributed by atoms with Crippen LogP contribution in [0.1, 0.15) is 5.82 Å². The van der Waals surface area contributed by atoms with Gasteiger partial charge in [-0.05, 0) is 35.0 Å². The van der Waals surface area contributed by atoms with Crippen LogP contribution >= 0.6 is 27.5 Å². The summed E-state index contributed by atoms with van der Waals surface area (Å²) in [6, 6.07) is 6.35. The first-order valence-electron chi connectivity index (χ1n) is 5.41. The summed E-state index contributed by atoms with van der Waals surface area (Å²) >= 11 is 9.27. The minimum atomic E-state index is -0.369. The number of aromatic nitrogens is 4. The highest BCUT2D eigenvalue weighted by Crippen LogP contribution is 2.27. The Morgan fingerprint density at radius 3 is 2.74 bits per heavy atom. The molecule has 0 aliphatic heterocycles. The fourth-order valence-electron chi connectivity index (χ4n) is 1.77. The van der Waals surface area contributed by atoms with Gasteiger partial charge in [0.05, 0.1) is 10.0 Å². The SMILES string of the molecule is Cc1nc(Cl)c(Br)c2nc(-c3ccccc3F)nn12. The molecule has 0 fully saturated rings. The zero-order valence-electron chi connectivity index (χ0n) is 9.73. The standard InChI is InChI=1S/C12H7BrClFN4/c1-6-16-10(14)9(13)12-17-11(18-19(6)12)7-4-2-3-5-8(7)15/h2-5H,1H3. The van der Waals surface area contributed by atoms with Crippen LogP contribution in [-0.2, 0) is 0 Å². The first-order chi connectivity index (χ1) is 9.08. The van der Waals surface area contributed by atoms with Gasteiger partial charge in [-0.15, -0.1) is 5.10 Å². The Hall–Kier alpha value is -1.53. The van der Waals surface area contributed by atoms with E-state index in [-0.39, 0.29) is 5.82 Å². The van der Waals surface area contributed by atoms with Crippen molar-refractivity contribution in [2.45, 2.75) is 6.92 Å². The minimum Gasteiger partial charge on any atom is -0.220 e. The van der Waals surface area contributed by atoms with Crippen molar-refractivity contribution in [3.8, 4) is 11.4 Å². The molecule has 0 saturated carbocycles. The van der Waals surface area contributed by atoms with Gasteiger partial charge in [-0.1, -0.05) is 23.7 Å². The average molecular weight is 342 g/mol. The molecule has 7 heteroatoms. The fourth-order valence-corrected chi connectivity index (χ4v) is 2.32. The number of halogens is 3. The summed E-state index contributed by atoms with van der Waals surface area (Å²) in [5, 5.41) is 4.56. The number of hydrogen-bond acceptors (Lipinski definition) is 3. The molecule has 2 heterocycles. The molecule has 96 valence electrons. The van der Waals surface area contributed by atoms with Gasteiger partial charge in [0.15, 0.2) is 11.5 Å². The second-order valence-corrected chi connectivity index (χ2v) is 5.07. The van der Waals surface area contributed by atoms with Crippen molar-refractivity contribution >= 4 is 33.2 Å². The van der Waals surface area contributed by atoms with E-state index in [2.05, 4.69) is 31.0 Å². The predicted octanol–water partition coefficient (Wildman–Crippen LogP) is 3.65. The summed E-state index contributed by atoms with van der Waals surface area (Å²) in [6.45, 7) is 1.76. The highest BCUT2D eigenvalue weighted by Gasteiger charge is 2.16. The molecule has 4 nitrogen and oxygen atoms in total. The van der Waals surface area contributed by atoms with Gasteiger partial charge >= 0.3 is 0 Å². The van der Waals surface area contributed by atoms with Crippen molar-refractivity contribution in [2.24, 2.45) is 0 Å². The Bertz CT molecular complexity index is 787. The van der Waals surface area contributed by atoms with Crippen molar-refractivity contribution in [1.29, 1.82) is 0 Å². The molecule has 0 N–H and O–H groups in total. The van der Waals surface area contributed by atoms with Gasteiger partial charge in [0, 0.05) is 0 Å². The van der Waals surface area contributed by atoms with Crippen LogP contribution in [0, 0.1) is 12.7 Å². The highest BCUT2D eigenvalue weighted by atomic mass is 79.9. The molecule has 0 bridgehead atoms. The van der Waals surface area contributed by atoms with Gasteiger partial charge in [-0.25, -0.2) is 14.4 Å². The number of hydrogen-bond donors (Lipinski definition) is 0. The fraction of sp³-hybridized carbons (Fsp3) is 0.0833. The zero-order chi connectivity index (χ0) is 13.6. The van der Waals surface area contributed by atoms with Crippen LogP contribution in [0.5, 0.6) is 0 Å². The maximum Gasteiger partial charge on any atom is 0.185 e. The second-order valence-electron chi connectivity index (χ2n) is 3.91. The first kappa shape index (κ1) is 12.5. The third kappa shape index (κ3) is 2.01.